The fourth-order valence-electron chi connectivity index (χ4n) is 1.84. The molecule has 0 fully saturated rings. The lowest BCUT2D eigenvalue weighted by Crippen LogP contribution is -2.30. The van der Waals surface area contributed by atoms with Gasteiger partial charge < -0.3 is 9.32 Å². The standard InChI is InChI=1S/C15H16BrNO2/c1-11(14-4-3-9-19-14)17(2)15(18)10-12-5-7-13(16)8-6-12/h3-9,11H,10H2,1-2H3. The van der Waals surface area contributed by atoms with Gasteiger partial charge in [-0.05, 0) is 36.8 Å². The quantitative estimate of drug-likeness (QED) is 0.858. The van der Waals surface area contributed by atoms with Gasteiger partial charge in [-0.1, -0.05) is 28.1 Å². The van der Waals surface area contributed by atoms with Crippen LogP contribution in [0.5, 0.6) is 0 Å². The summed E-state index contributed by atoms with van der Waals surface area (Å²) in [5.74, 6) is 0.873. The molecule has 2 aromatic rings. The van der Waals surface area contributed by atoms with Crippen molar-refractivity contribution in [3.05, 3.63) is 58.5 Å². The second kappa shape index (κ2) is 6.06. The molecule has 0 aliphatic carbocycles. The van der Waals surface area contributed by atoms with Gasteiger partial charge in [-0.2, -0.15) is 0 Å². The van der Waals surface area contributed by atoms with Crippen LogP contribution in [0.15, 0.2) is 51.6 Å². The van der Waals surface area contributed by atoms with Gasteiger partial charge in [-0.3, -0.25) is 4.79 Å². The fraction of sp³-hybridized carbons (Fsp3) is 0.267. The summed E-state index contributed by atoms with van der Waals surface area (Å²) < 4.78 is 6.35. The molecule has 1 unspecified atom stereocenters. The van der Waals surface area contributed by atoms with Crippen molar-refractivity contribution in [2.24, 2.45) is 0 Å². The van der Waals surface area contributed by atoms with E-state index in [0.29, 0.717) is 6.42 Å². The van der Waals surface area contributed by atoms with Gasteiger partial charge in [0.05, 0.1) is 18.7 Å². The molecule has 2 rings (SSSR count). The van der Waals surface area contributed by atoms with Gasteiger partial charge in [0.25, 0.3) is 0 Å². The Balaban J connectivity index is 2.01. The van der Waals surface area contributed by atoms with E-state index < -0.39 is 0 Å². The third-order valence-corrected chi connectivity index (χ3v) is 3.73. The van der Waals surface area contributed by atoms with Crippen LogP contribution in [-0.2, 0) is 11.2 Å². The zero-order chi connectivity index (χ0) is 13.8. The number of amides is 1. The Labute approximate surface area is 121 Å². The van der Waals surface area contributed by atoms with Crippen molar-refractivity contribution in [2.45, 2.75) is 19.4 Å². The highest BCUT2D eigenvalue weighted by Gasteiger charge is 2.19. The largest absolute Gasteiger partial charge is 0.467 e. The summed E-state index contributed by atoms with van der Waals surface area (Å²) >= 11 is 3.38. The van der Waals surface area contributed by atoms with Crippen LogP contribution in [0.4, 0.5) is 0 Å². The van der Waals surface area contributed by atoms with Crippen LogP contribution in [0.25, 0.3) is 0 Å². The van der Waals surface area contributed by atoms with Crippen LogP contribution in [0.3, 0.4) is 0 Å². The minimum atomic E-state index is -0.0575. The first-order valence-electron chi connectivity index (χ1n) is 6.11. The topological polar surface area (TPSA) is 33.5 Å². The summed E-state index contributed by atoms with van der Waals surface area (Å²) in [4.78, 5) is 13.9. The number of hydrogen-bond donors (Lipinski definition) is 0. The van der Waals surface area contributed by atoms with E-state index in [1.807, 2.05) is 43.3 Å². The van der Waals surface area contributed by atoms with Crippen molar-refractivity contribution in [3.8, 4) is 0 Å². The van der Waals surface area contributed by atoms with Crippen LogP contribution >= 0.6 is 15.9 Å². The van der Waals surface area contributed by atoms with Crippen LogP contribution in [0, 0.1) is 0 Å². The normalized spacial score (nSPS) is 12.2. The third kappa shape index (κ3) is 3.47. The number of likely N-dealkylation sites (N-methyl/N-ethyl adjacent to an activating group) is 1. The molecule has 0 N–H and O–H groups in total. The van der Waals surface area contributed by atoms with Crippen LogP contribution in [-0.4, -0.2) is 17.9 Å². The minimum absolute atomic E-state index is 0.0575. The number of furan rings is 1. The first kappa shape index (κ1) is 13.9. The highest BCUT2D eigenvalue weighted by atomic mass is 79.9. The molecular formula is C15H16BrNO2. The van der Waals surface area contributed by atoms with Gasteiger partial charge in [0.15, 0.2) is 0 Å². The number of halogens is 1. The molecule has 1 atom stereocenters. The number of carbonyl (C=O) groups is 1. The minimum Gasteiger partial charge on any atom is -0.467 e. The Morgan fingerprint density at radius 3 is 2.58 bits per heavy atom. The number of hydrogen-bond acceptors (Lipinski definition) is 2. The lowest BCUT2D eigenvalue weighted by molar-refractivity contribution is -0.131. The molecule has 0 aliphatic rings. The summed E-state index contributed by atoms with van der Waals surface area (Å²) in [5, 5.41) is 0. The molecule has 0 bridgehead atoms. The summed E-state index contributed by atoms with van der Waals surface area (Å²) in [5.41, 5.74) is 1.01. The van der Waals surface area contributed by atoms with Gasteiger partial charge in [-0.25, -0.2) is 0 Å². The number of carbonyl (C=O) groups excluding carboxylic acids is 1. The Bertz CT molecular complexity index is 534. The molecule has 0 spiro atoms. The zero-order valence-corrected chi connectivity index (χ0v) is 12.6. The molecule has 100 valence electrons. The summed E-state index contributed by atoms with van der Waals surface area (Å²) in [6.45, 7) is 1.96. The maximum Gasteiger partial charge on any atom is 0.227 e. The Morgan fingerprint density at radius 1 is 1.32 bits per heavy atom. The molecule has 19 heavy (non-hydrogen) atoms. The number of nitrogens with zero attached hydrogens (tertiary/aromatic N) is 1. The lowest BCUT2D eigenvalue weighted by atomic mass is 10.1. The number of benzene rings is 1. The molecule has 0 saturated carbocycles. The lowest BCUT2D eigenvalue weighted by Gasteiger charge is -2.23. The van der Waals surface area contributed by atoms with Gasteiger partial charge >= 0.3 is 0 Å². The van der Waals surface area contributed by atoms with E-state index in [2.05, 4.69) is 15.9 Å². The molecule has 0 saturated heterocycles. The Morgan fingerprint density at radius 2 is 2.00 bits per heavy atom. The Hall–Kier alpha value is -1.55. The maximum absolute atomic E-state index is 12.2. The summed E-state index contributed by atoms with van der Waals surface area (Å²) in [7, 11) is 1.80. The van der Waals surface area contributed by atoms with E-state index in [1.54, 1.807) is 18.2 Å². The zero-order valence-electron chi connectivity index (χ0n) is 11.0. The maximum atomic E-state index is 12.2. The second-order valence-corrected chi connectivity index (χ2v) is 5.41. The average molecular weight is 322 g/mol. The van der Waals surface area contributed by atoms with Crippen molar-refractivity contribution in [1.82, 2.24) is 4.90 Å². The van der Waals surface area contributed by atoms with E-state index in [4.69, 9.17) is 4.42 Å². The molecule has 1 amide bonds. The smallest absolute Gasteiger partial charge is 0.227 e. The molecule has 4 heteroatoms. The highest BCUT2D eigenvalue weighted by Crippen LogP contribution is 2.20. The van der Waals surface area contributed by atoms with E-state index in [-0.39, 0.29) is 11.9 Å². The van der Waals surface area contributed by atoms with Gasteiger partial charge in [0, 0.05) is 11.5 Å². The van der Waals surface area contributed by atoms with Crippen molar-refractivity contribution < 1.29 is 9.21 Å². The van der Waals surface area contributed by atoms with Gasteiger partial charge in [0.1, 0.15) is 5.76 Å². The molecule has 3 nitrogen and oxygen atoms in total. The van der Waals surface area contributed by atoms with E-state index >= 15 is 0 Å². The summed E-state index contributed by atoms with van der Waals surface area (Å²) in [6, 6.07) is 11.4. The fourth-order valence-corrected chi connectivity index (χ4v) is 2.10. The van der Waals surface area contributed by atoms with Crippen molar-refractivity contribution in [2.75, 3.05) is 7.05 Å². The molecule has 1 heterocycles. The van der Waals surface area contributed by atoms with Crippen molar-refractivity contribution >= 4 is 21.8 Å². The van der Waals surface area contributed by atoms with Gasteiger partial charge in [0.2, 0.25) is 5.91 Å². The second-order valence-electron chi connectivity index (χ2n) is 4.50. The monoisotopic (exact) mass is 321 g/mol. The van der Waals surface area contributed by atoms with Gasteiger partial charge in [-0.15, -0.1) is 0 Å². The predicted molar refractivity (Wildman–Crippen MR) is 77.7 cm³/mol. The molecule has 1 aromatic carbocycles. The average Bonchev–Trinajstić information content (AvgIpc) is 2.93. The van der Waals surface area contributed by atoms with Crippen LogP contribution in [0.1, 0.15) is 24.3 Å². The van der Waals surface area contributed by atoms with E-state index in [1.165, 1.54) is 0 Å². The highest BCUT2D eigenvalue weighted by molar-refractivity contribution is 9.10. The summed E-state index contributed by atoms with van der Waals surface area (Å²) in [6.07, 6.45) is 2.02. The first-order valence-corrected chi connectivity index (χ1v) is 6.90. The van der Waals surface area contributed by atoms with Crippen molar-refractivity contribution in [1.29, 1.82) is 0 Å². The Kier molecular flexibility index (Phi) is 4.43. The SMILES string of the molecule is CC(c1ccco1)N(C)C(=O)Cc1ccc(Br)cc1. The third-order valence-electron chi connectivity index (χ3n) is 3.20. The predicted octanol–water partition coefficient (Wildman–Crippen LogP) is 3.80. The number of rotatable bonds is 4. The first-order chi connectivity index (χ1) is 9.08. The van der Waals surface area contributed by atoms with Crippen LogP contribution in [0.2, 0.25) is 0 Å². The molecule has 0 radical (unpaired) electrons. The molecule has 1 aromatic heterocycles. The van der Waals surface area contributed by atoms with Crippen molar-refractivity contribution in [3.63, 3.8) is 0 Å². The van der Waals surface area contributed by atoms with Crippen LogP contribution < -0.4 is 0 Å². The van der Waals surface area contributed by atoms with E-state index in [9.17, 15) is 4.79 Å². The van der Waals surface area contributed by atoms with E-state index in [0.717, 1.165) is 15.8 Å². The molecular weight excluding hydrogens is 306 g/mol. The molecule has 0 aliphatic heterocycles.